The van der Waals surface area contributed by atoms with Crippen molar-refractivity contribution in [2.45, 2.75) is 63.2 Å². The summed E-state index contributed by atoms with van der Waals surface area (Å²) in [6.07, 6.45) is -7.31. The molecule has 1 heterocycles. The van der Waals surface area contributed by atoms with Gasteiger partial charge in [0, 0.05) is 25.7 Å². The number of hydrogen-bond donors (Lipinski definition) is 0. The van der Waals surface area contributed by atoms with Crippen LogP contribution in [0.4, 0.5) is 0 Å². The van der Waals surface area contributed by atoms with Gasteiger partial charge in [0.15, 0.2) is 24.5 Å². The van der Waals surface area contributed by atoms with E-state index in [0.29, 0.717) is 0 Å². The first-order valence-electron chi connectivity index (χ1n) is 9.62. The number of ether oxygens (including phenoxy) is 4. The second-order valence-corrected chi connectivity index (χ2v) is 8.66. The van der Waals surface area contributed by atoms with Gasteiger partial charge in [0.2, 0.25) is 0 Å². The molecule has 2 rings (SSSR count). The number of azide groups is 1. The standard InChI is InChI=1S/C19H23N3O10S/c1-10-5-7-14(8-6-10)33(26,27)28-9-15-16(29-11(2)23)17(30-12(3)24)18(31-13(4)25)19(32-15)21-22-20/h5-8,15-19H,9H2,1-4H3/t15-,16-,17+,18-,19?/m1/s1. The molecule has 1 fully saturated rings. The lowest BCUT2D eigenvalue weighted by molar-refractivity contribution is -0.248. The zero-order valence-electron chi connectivity index (χ0n) is 18.2. The van der Waals surface area contributed by atoms with Crippen molar-refractivity contribution in [1.29, 1.82) is 0 Å². The lowest BCUT2D eigenvalue weighted by Gasteiger charge is -2.43. The molecule has 0 amide bonds. The molecule has 0 aliphatic carbocycles. The highest BCUT2D eigenvalue weighted by atomic mass is 32.2. The third kappa shape index (κ3) is 7.15. The molecule has 1 aliphatic rings. The second kappa shape index (κ2) is 11.1. The number of carbonyl (C=O) groups is 3. The van der Waals surface area contributed by atoms with Gasteiger partial charge in [-0.2, -0.15) is 8.42 Å². The number of benzene rings is 1. The molecule has 1 aromatic carbocycles. The van der Waals surface area contributed by atoms with Gasteiger partial charge in [0.05, 0.1) is 11.5 Å². The fourth-order valence-electron chi connectivity index (χ4n) is 3.08. The molecular weight excluding hydrogens is 462 g/mol. The molecule has 0 saturated carbocycles. The summed E-state index contributed by atoms with van der Waals surface area (Å²) in [4.78, 5) is 37.5. The molecule has 0 aromatic heterocycles. The fraction of sp³-hybridized carbons (Fsp3) is 0.526. The van der Waals surface area contributed by atoms with Crippen molar-refractivity contribution in [2.75, 3.05) is 6.61 Å². The van der Waals surface area contributed by atoms with Crippen LogP contribution < -0.4 is 0 Å². The topological polar surface area (TPSA) is 180 Å². The monoisotopic (exact) mass is 485 g/mol. The van der Waals surface area contributed by atoms with E-state index in [9.17, 15) is 22.8 Å². The summed E-state index contributed by atoms with van der Waals surface area (Å²) in [6, 6.07) is 5.84. The Balaban J connectivity index is 2.39. The van der Waals surface area contributed by atoms with Gasteiger partial charge in [-0.1, -0.05) is 22.8 Å². The van der Waals surface area contributed by atoms with Crippen molar-refractivity contribution in [2.24, 2.45) is 5.11 Å². The maximum absolute atomic E-state index is 12.6. The largest absolute Gasteiger partial charge is 0.456 e. The Bertz CT molecular complexity index is 1040. The Morgan fingerprint density at radius 2 is 1.48 bits per heavy atom. The minimum Gasteiger partial charge on any atom is -0.456 e. The van der Waals surface area contributed by atoms with E-state index in [1.165, 1.54) is 12.1 Å². The Morgan fingerprint density at radius 3 is 2.00 bits per heavy atom. The molecule has 180 valence electrons. The molecule has 5 atom stereocenters. The Kier molecular flexibility index (Phi) is 8.76. The fourth-order valence-corrected chi connectivity index (χ4v) is 4.00. The first-order valence-corrected chi connectivity index (χ1v) is 11.0. The van der Waals surface area contributed by atoms with Gasteiger partial charge in [0.25, 0.3) is 10.1 Å². The summed E-state index contributed by atoms with van der Waals surface area (Å²) in [7, 11) is -4.25. The van der Waals surface area contributed by atoms with E-state index in [1.54, 1.807) is 19.1 Å². The Morgan fingerprint density at radius 1 is 0.970 bits per heavy atom. The van der Waals surface area contributed by atoms with Crippen LogP contribution in [0.5, 0.6) is 0 Å². The van der Waals surface area contributed by atoms with Gasteiger partial charge in [-0.3, -0.25) is 18.6 Å². The number of aryl methyl sites for hydroxylation is 1. The van der Waals surface area contributed by atoms with Crippen LogP contribution in [-0.4, -0.2) is 63.6 Å². The van der Waals surface area contributed by atoms with Crippen molar-refractivity contribution >= 4 is 28.0 Å². The molecule has 13 nitrogen and oxygen atoms in total. The number of carbonyl (C=O) groups excluding carboxylic acids is 3. The second-order valence-electron chi connectivity index (χ2n) is 7.04. The maximum atomic E-state index is 12.6. The summed E-state index contributed by atoms with van der Waals surface area (Å²) in [5.41, 5.74) is 9.71. The van der Waals surface area contributed by atoms with Crippen LogP contribution in [-0.2, 0) is 47.6 Å². The van der Waals surface area contributed by atoms with Crippen molar-refractivity contribution in [3.05, 3.63) is 40.3 Å². The summed E-state index contributed by atoms with van der Waals surface area (Å²) >= 11 is 0. The highest BCUT2D eigenvalue weighted by Crippen LogP contribution is 2.30. The van der Waals surface area contributed by atoms with E-state index in [1.807, 2.05) is 0 Å². The van der Waals surface area contributed by atoms with Crippen LogP contribution in [0.1, 0.15) is 26.3 Å². The number of esters is 3. The van der Waals surface area contributed by atoms with Crippen LogP contribution >= 0.6 is 0 Å². The number of nitrogens with zero attached hydrogens (tertiary/aromatic N) is 3. The molecule has 0 spiro atoms. The number of hydrogen-bond acceptors (Lipinski definition) is 11. The maximum Gasteiger partial charge on any atom is 0.303 e. The lowest BCUT2D eigenvalue weighted by atomic mass is 9.97. The van der Waals surface area contributed by atoms with Gasteiger partial charge >= 0.3 is 17.9 Å². The van der Waals surface area contributed by atoms with E-state index in [4.69, 9.17) is 28.7 Å². The Hall–Kier alpha value is -3.19. The van der Waals surface area contributed by atoms with Gasteiger partial charge < -0.3 is 18.9 Å². The minimum atomic E-state index is -4.25. The summed E-state index contributed by atoms with van der Waals surface area (Å²) in [6.45, 7) is 4.26. The molecule has 14 heteroatoms. The molecule has 33 heavy (non-hydrogen) atoms. The molecule has 1 aliphatic heterocycles. The summed E-state index contributed by atoms with van der Waals surface area (Å²) in [5, 5.41) is 3.40. The van der Waals surface area contributed by atoms with Crippen LogP contribution in [0, 0.1) is 6.92 Å². The van der Waals surface area contributed by atoms with E-state index in [2.05, 4.69) is 10.0 Å². The third-order valence-electron chi connectivity index (χ3n) is 4.38. The van der Waals surface area contributed by atoms with E-state index in [0.717, 1.165) is 26.3 Å². The summed E-state index contributed by atoms with van der Waals surface area (Å²) < 4.78 is 51.3. The average molecular weight is 485 g/mol. The smallest absolute Gasteiger partial charge is 0.303 e. The number of rotatable bonds is 8. The summed E-state index contributed by atoms with van der Waals surface area (Å²) in [5.74, 6) is -2.48. The van der Waals surface area contributed by atoms with Gasteiger partial charge in [-0.05, 0) is 24.6 Å². The van der Waals surface area contributed by atoms with E-state index >= 15 is 0 Å². The normalized spacial score (nSPS) is 24.8. The van der Waals surface area contributed by atoms with Crippen molar-refractivity contribution in [3.63, 3.8) is 0 Å². The average Bonchev–Trinajstić information content (AvgIpc) is 2.70. The third-order valence-corrected chi connectivity index (χ3v) is 5.67. The van der Waals surface area contributed by atoms with Crippen molar-refractivity contribution in [1.82, 2.24) is 0 Å². The molecule has 0 bridgehead atoms. The van der Waals surface area contributed by atoms with Gasteiger partial charge in [-0.25, -0.2) is 0 Å². The minimum absolute atomic E-state index is 0.131. The van der Waals surface area contributed by atoms with Crippen molar-refractivity contribution in [3.8, 4) is 0 Å². The first kappa shape index (κ1) is 26.1. The zero-order valence-corrected chi connectivity index (χ0v) is 19.1. The zero-order chi connectivity index (χ0) is 24.8. The highest BCUT2D eigenvalue weighted by molar-refractivity contribution is 7.86. The van der Waals surface area contributed by atoms with E-state index in [-0.39, 0.29) is 4.90 Å². The van der Waals surface area contributed by atoms with Crippen LogP contribution in [0.25, 0.3) is 10.4 Å². The molecule has 1 saturated heterocycles. The van der Waals surface area contributed by atoms with Crippen LogP contribution in [0.2, 0.25) is 0 Å². The predicted octanol–water partition coefficient (Wildman–Crippen LogP) is 1.53. The first-order chi connectivity index (χ1) is 15.4. The quantitative estimate of drug-likeness (QED) is 0.131. The molecule has 0 radical (unpaired) electrons. The van der Waals surface area contributed by atoms with Crippen molar-refractivity contribution < 1.29 is 45.9 Å². The van der Waals surface area contributed by atoms with Gasteiger partial charge in [-0.15, -0.1) is 0 Å². The van der Waals surface area contributed by atoms with Gasteiger partial charge in [0.1, 0.15) is 6.10 Å². The SMILES string of the molecule is CC(=O)O[C@H]1[C@H](OC(C)=O)[C@@H](OC(C)=O)C(N=[N+]=[N-])O[C@@H]1COS(=O)(=O)c1ccc(C)cc1. The molecule has 1 unspecified atom stereocenters. The van der Waals surface area contributed by atoms with Crippen LogP contribution in [0.3, 0.4) is 0 Å². The Labute approximate surface area is 189 Å². The predicted molar refractivity (Wildman–Crippen MR) is 109 cm³/mol. The van der Waals surface area contributed by atoms with Crippen LogP contribution in [0.15, 0.2) is 34.3 Å². The highest BCUT2D eigenvalue weighted by Gasteiger charge is 2.52. The molecule has 1 aromatic rings. The molecule has 0 N–H and O–H groups in total. The molecular formula is C19H23N3O10S. The van der Waals surface area contributed by atoms with E-state index < -0.39 is 65.3 Å². The lowest BCUT2D eigenvalue weighted by Crippen LogP contribution is -2.61.